The summed E-state index contributed by atoms with van der Waals surface area (Å²) in [6.07, 6.45) is 23.0. The third-order valence-corrected chi connectivity index (χ3v) is 4.22. The van der Waals surface area contributed by atoms with E-state index in [1.54, 1.807) is 0 Å². The molecule has 1 aromatic heterocycles. The third-order valence-electron chi connectivity index (χ3n) is 4.22. The van der Waals surface area contributed by atoms with Crippen LogP contribution in [-0.2, 0) is 6.42 Å². The lowest BCUT2D eigenvalue weighted by Crippen LogP contribution is -1.86. The van der Waals surface area contributed by atoms with Crippen LogP contribution in [0.5, 0.6) is 0 Å². The Morgan fingerprint density at radius 1 is 0.739 bits per heavy atom. The highest BCUT2D eigenvalue weighted by molar-refractivity contribution is 4.81. The molecule has 0 radical (unpaired) electrons. The van der Waals surface area contributed by atoms with Crippen molar-refractivity contribution in [3.8, 4) is 0 Å². The first kappa shape index (κ1) is 19.9. The van der Waals surface area contributed by atoms with Gasteiger partial charge in [0, 0.05) is 13.3 Å². The predicted octanol–water partition coefficient (Wildman–Crippen LogP) is 6.57. The molecule has 0 spiro atoms. The molecule has 0 N–H and O–H groups in total. The Kier molecular flexibility index (Phi) is 12.5. The van der Waals surface area contributed by atoms with Gasteiger partial charge in [-0.15, -0.1) is 10.2 Å². The van der Waals surface area contributed by atoms with Crippen LogP contribution in [-0.4, -0.2) is 10.2 Å². The minimum absolute atomic E-state index is 0.674. The quantitative estimate of drug-likeness (QED) is 0.271. The van der Waals surface area contributed by atoms with Crippen LogP contribution in [0.2, 0.25) is 0 Å². The highest BCUT2D eigenvalue weighted by Crippen LogP contribution is 2.10. The first-order chi connectivity index (χ1) is 11.3. The topological polar surface area (TPSA) is 38.9 Å². The van der Waals surface area contributed by atoms with Gasteiger partial charge in [-0.3, -0.25) is 0 Å². The molecular weight excluding hydrogens is 284 g/mol. The first-order valence-corrected chi connectivity index (χ1v) is 9.77. The van der Waals surface area contributed by atoms with Crippen LogP contribution in [0.4, 0.5) is 0 Å². The Balaban J connectivity index is 1.78. The van der Waals surface area contributed by atoms with Gasteiger partial charge in [0.05, 0.1) is 0 Å². The second kappa shape index (κ2) is 14.5. The van der Waals surface area contributed by atoms with E-state index in [1.807, 2.05) is 6.92 Å². The number of hydrogen-bond donors (Lipinski definition) is 0. The molecule has 0 fully saturated rings. The number of unbranched alkanes of at least 4 members (excludes halogenated alkanes) is 11. The maximum Gasteiger partial charge on any atom is 0.216 e. The van der Waals surface area contributed by atoms with Crippen molar-refractivity contribution in [2.45, 2.75) is 104 Å². The maximum absolute atomic E-state index is 5.37. The van der Waals surface area contributed by atoms with Gasteiger partial charge < -0.3 is 4.42 Å². The normalized spacial score (nSPS) is 11.6. The van der Waals surface area contributed by atoms with Gasteiger partial charge in [0.1, 0.15) is 0 Å². The number of aromatic nitrogens is 2. The molecule has 0 unspecified atom stereocenters. The minimum Gasteiger partial charge on any atom is -0.426 e. The van der Waals surface area contributed by atoms with Gasteiger partial charge in [0.2, 0.25) is 11.8 Å². The predicted molar refractivity (Wildman–Crippen MR) is 97.6 cm³/mol. The number of rotatable bonds is 15. The van der Waals surface area contributed by atoms with Gasteiger partial charge in [-0.1, -0.05) is 70.4 Å². The maximum atomic E-state index is 5.37. The molecule has 0 saturated carbocycles. The Morgan fingerprint density at radius 3 is 1.87 bits per heavy atom. The van der Waals surface area contributed by atoms with E-state index >= 15 is 0 Å². The van der Waals surface area contributed by atoms with Gasteiger partial charge in [-0.05, 0) is 32.1 Å². The lowest BCUT2D eigenvalue weighted by molar-refractivity contribution is 0.455. The molecule has 1 heterocycles. The zero-order chi connectivity index (χ0) is 16.6. The first-order valence-electron chi connectivity index (χ1n) is 9.77. The standard InChI is InChI=1S/C20H36N2O/c1-3-4-5-6-7-8-9-10-11-12-13-14-15-16-17-18-20-22-21-19(2)23-20/h10-11H,3-9,12-18H2,1-2H3/b11-10-. The fraction of sp³-hybridized carbons (Fsp3) is 0.800. The summed E-state index contributed by atoms with van der Waals surface area (Å²) in [6, 6.07) is 0. The molecule has 0 aliphatic heterocycles. The summed E-state index contributed by atoms with van der Waals surface area (Å²) < 4.78 is 5.37. The number of aryl methyl sites for hydroxylation is 2. The van der Waals surface area contributed by atoms with Crippen molar-refractivity contribution >= 4 is 0 Å². The molecule has 0 atom stereocenters. The van der Waals surface area contributed by atoms with Crippen molar-refractivity contribution in [2.24, 2.45) is 0 Å². The number of allylic oxidation sites excluding steroid dienone is 2. The Bertz CT molecular complexity index is 398. The van der Waals surface area contributed by atoms with E-state index in [9.17, 15) is 0 Å². The summed E-state index contributed by atoms with van der Waals surface area (Å²) in [5.41, 5.74) is 0. The van der Waals surface area contributed by atoms with Crippen molar-refractivity contribution in [1.29, 1.82) is 0 Å². The lowest BCUT2D eigenvalue weighted by Gasteiger charge is -1.99. The zero-order valence-corrected chi connectivity index (χ0v) is 15.4. The number of nitrogens with zero attached hydrogens (tertiary/aromatic N) is 2. The average Bonchev–Trinajstić information content (AvgIpc) is 2.96. The molecule has 0 amide bonds. The average molecular weight is 321 g/mol. The van der Waals surface area contributed by atoms with Crippen LogP contribution in [0.15, 0.2) is 16.6 Å². The molecule has 3 nitrogen and oxygen atoms in total. The SMILES string of the molecule is CCCCCCCC/C=C\CCCCCCCc1nnc(C)o1. The second-order valence-corrected chi connectivity index (χ2v) is 6.55. The van der Waals surface area contributed by atoms with E-state index in [-0.39, 0.29) is 0 Å². The molecule has 0 bridgehead atoms. The van der Waals surface area contributed by atoms with Crippen molar-refractivity contribution in [1.82, 2.24) is 10.2 Å². The van der Waals surface area contributed by atoms with E-state index in [0.29, 0.717) is 5.89 Å². The third kappa shape index (κ3) is 12.0. The molecule has 1 aromatic rings. The van der Waals surface area contributed by atoms with Crippen LogP contribution in [0.25, 0.3) is 0 Å². The molecule has 0 saturated heterocycles. The van der Waals surface area contributed by atoms with Gasteiger partial charge in [-0.2, -0.15) is 0 Å². The minimum atomic E-state index is 0.674. The highest BCUT2D eigenvalue weighted by atomic mass is 16.4. The summed E-state index contributed by atoms with van der Waals surface area (Å²) in [5.74, 6) is 1.47. The monoisotopic (exact) mass is 320 g/mol. The molecule has 132 valence electrons. The van der Waals surface area contributed by atoms with E-state index in [2.05, 4.69) is 29.3 Å². The molecule has 0 aliphatic carbocycles. The fourth-order valence-corrected chi connectivity index (χ4v) is 2.79. The van der Waals surface area contributed by atoms with E-state index in [4.69, 9.17) is 4.42 Å². The van der Waals surface area contributed by atoms with Crippen molar-refractivity contribution in [3.63, 3.8) is 0 Å². The lowest BCUT2D eigenvalue weighted by atomic mass is 10.1. The summed E-state index contributed by atoms with van der Waals surface area (Å²) >= 11 is 0. The number of hydrogen-bond acceptors (Lipinski definition) is 3. The molecule has 3 heteroatoms. The van der Waals surface area contributed by atoms with E-state index < -0.39 is 0 Å². The van der Waals surface area contributed by atoms with Crippen molar-refractivity contribution in [2.75, 3.05) is 0 Å². The summed E-state index contributed by atoms with van der Waals surface area (Å²) in [7, 11) is 0. The molecule has 23 heavy (non-hydrogen) atoms. The second-order valence-electron chi connectivity index (χ2n) is 6.55. The van der Waals surface area contributed by atoms with E-state index in [0.717, 1.165) is 18.7 Å². The Labute approximate surface area is 143 Å². The molecular formula is C20H36N2O. The van der Waals surface area contributed by atoms with Gasteiger partial charge in [-0.25, -0.2) is 0 Å². The summed E-state index contributed by atoms with van der Waals surface area (Å²) in [6.45, 7) is 4.12. The summed E-state index contributed by atoms with van der Waals surface area (Å²) in [5, 5.41) is 7.87. The van der Waals surface area contributed by atoms with Crippen LogP contribution < -0.4 is 0 Å². The fourth-order valence-electron chi connectivity index (χ4n) is 2.79. The van der Waals surface area contributed by atoms with Gasteiger partial charge in [0.25, 0.3) is 0 Å². The van der Waals surface area contributed by atoms with Crippen molar-refractivity contribution in [3.05, 3.63) is 23.9 Å². The van der Waals surface area contributed by atoms with Gasteiger partial charge in [0.15, 0.2) is 0 Å². The van der Waals surface area contributed by atoms with E-state index in [1.165, 1.54) is 77.0 Å². The molecule has 0 aromatic carbocycles. The summed E-state index contributed by atoms with van der Waals surface area (Å²) in [4.78, 5) is 0. The largest absolute Gasteiger partial charge is 0.426 e. The Hall–Kier alpha value is -1.12. The smallest absolute Gasteiger partial charge is 0.216 e. The molecule has 1 rings (SSSR count). The van der Waals surface area contributed by atoms with Crippen LogP contribution in [0.1, 0.15) is 102 Å². The Morgan fingerprint density at radius 2 is 1.30 bits per heavy atom. The molecule has 0 aliphatic rings. The van der Waals surface area contributed by atoms with Crippen LogP contribution in [0.3, 0.4) is 0 Å². The van der Waals surface area contributed by atoms with Crippen molar-refractivity contribution < 1.29 is 4.42 Å². The van der Waals surface area contributed by atoms with Crippen LogP contribution >= 0.6 is 0 Å². The highest BCUT2D eigenvalue weighted by Gasteiger charge is 2.01. The van der Waals surface area contributed by atoms with Crippen LogP contribution in [0, 0.1) is 6.92 Å². The van der Waals surface area contributed by atoms with Gasteiger partial charge >= 0.3 is 0 Å². The zero-order valence-electron chi connectivity index (χ0n) is 15.4.